The number of benzene rings is 1. The summed E-state index contributed by atoms with van der Waals surface area (Å²) in [5, 5.41) is 1.58. The largest absolute Gasteiger partial charge is 4.00 e. The molecule has 2 rings (SSSR count). The van der Waals surface area contributed by atoms with Gasteiger partial charge in [-0.3, -0.25) is 0 Å². The van der Waals surface area contributed by atoms with Gasteiger partial charge in [-0.15, -0.1) is 0 Å². The summed E-state index contributed by atoms with van der Waals surface area (Å²) in [5.74, 6) is 0. The molecule has 0 amide bonds. The van der Waals surface area contributed by atoms with Gasteiger partial charge in [0.15, 0.2) is 0 Å². The molecule has 2 aromatic rings. The van der Waals surface area contributed by atoms with Crippen LogP contribution in [0.15, 0.2) is 30.3 Å². The van der Waals surface area contributed by atoms with Crippen molar-refractivity contribution in [2.24, 2.45) is 5.41 Å². The van der Waals surface area contributed by atoms with E-state index in [-0.39, 0.29) is 68.5 Å². The molecule has 0 aliphatic carbocycles. The Morgan fingerprint density at radius 3 is 1.88 bits per heavy atom. The van der Waals surface area contributed by atoms with E-state index in [2.05, 4.69) is 71.9 Å². The van der Waals surface area contributed by atoms with Gasteiger partial charge in [-0.1, -0.05) is 83.1 Å². The van der Waals surface area contributed by atoms with Gasteiger partial charge in [-0.05, 0) is 11.8 Å². The Hall–Kier alpha value is 0.371. The van der Waals surface area contributed by atoms with Crippen LogP contribution >= 0.6 is 0 Å². The standard InChI is InChI=1S/C20H29Si.3ClH.Ti/c1-14-15(2)18(12-20(4,5)6)19(16(14)3)13-21-17-10-8-7-9-11-17;;;;/h7-11H,12-13,21H2,1-6H3;3*1H;/q-1;;;;+4/p-3. The SMILES string of the molecule is Cc1c(C)c(CC(C)(C)C)[c-](C[SiH2]c2ccccc2)c1C.[Cl-].[Cl-].[Cl-].[Ti+4]. The summed E-state index contributed by atoms with van der Waals surface area (Å²) in [5.41, 5.74) is 8.28. The van der Waals surface area contributed by atoms with Gasteiger partial charge in [0.25, 0.3) is 0 Å². The molecule has 0 aliphatic heterocycles. The maximum atomic E-state index is 2.35. The molecule has 2 aromatic carbocycles. The molecular weight excluding hydrogens is 423 g/mol. The van der Waals surface area contributed by atoms with E-state index in [9.17, 15) is 0 Å². The summed E-state index contributed by atoms with van der Waals surface area (Å²) >= 11 is 0. The maximum absolute atomic E-state index is 2.35. The van der Waals surface area contributed by atoms with Gasteiger partial charge in [0.1, 0.15) is 0 Å². The molecule has 0 aromatic heterocycles. The van der Waals surface area contributed by atoms with E-state index in [0.717, 1.165) is 0 Å². The Balaban J connectivity index is -0.00000121. The van der Waals surface area contributed by atoms with Crippen molar-refractivity contribution in [3.63, 3.8) is 0 Å². The average molecular weight is 452 g/mol. The summed E-state index contributed by atoms with van der Waals surface area (Å²) in [6.45, 7) is 14.0. The monoisotopic (exact) mass is 450 g/mol. The quantitative estimate of drug-likeness (QED) is 0.322. The summed E-state index contributed by atoms with van der Waals surface area (Å²) < 4.78 is 0. The number of rotatable bonds is 4. The maximum Gasteiger partial charge on any atom is 4.00 e. The first-order valence-corrected chi connectivity index (χ1v) is 9.78. The van der Waals surface area contributed by atoms with Gasteiger partial charge in [-0.25, -0.2) is 0 Å². The van der Waals surface area contributed by atoms with Crippen molar-refractivity contribution in [1.82, 2.24) is 0 Å². The minimum absolute atomic E-state index is 0. The van der Waals surface area contributed by atoms with E-state index in [1.165, 1.54) is 18.0 Å². The predicted molar refractivity (Wildman–Crippen MR) is 97.7 cm³/mol. The molecule has 5 heteroatoms. The number of halogens is 3. The Labute approximate surface area is 190 Å². The molecule has 0 nitrogen and oxygen atoms in total. The third-order valence-electron chi connectivity index (χ3n) is 4.61. The third-order valence-corrected chi connectivity index (χ3v) is 6.41. The molecule has 0 bridgehead atoms. The van der Waals surface area contributed by atoms with Crippen molar-refractivity contribution < 1.29 is 58.9 Å². The first-order valence-electron chi connectivity index (χ1n) is 8.07. The molecule has 0 spiro atoms. The fourth-order valence-electron chi connectivity index (χ4n) is 3.21. The Morgan fingerprint density at radius 2 is 1.40 bits per heavy atom. The zero-order valence-corrected chi connectivity index (χ0v) is 21.4. The molecule has 0 fully saturated rings. The zero-order chi connectivity index (χ0) is 15.6. The van der Waals surface area contributed by atoms with E-state index < -0.39 is 0 Å². The van der Waals surface area contributed by atoms with Gasteiger partial charge >= 0.3 is 21.7 Å². The summed E-state index contributed by atoms with van der Waals surface area (Å²) in [4.78, 5) is 0. The van der Waals surface area contributed by atoms with Gasteiger partial charge in [-0.2, -0.15) is 27.8 Å². The van der Waals surface area contributed by atoms with Crippen molar-refractivity contribution >= 4 is 14.7 Å². The van der Waals surface area contributed by atoms with Crippen LogP contribution in [0.25, 0.3) is 0 Å². The second-order valence-electron chi connectivity index (χ2n) is 7.56. The fraction of sp³-hybridized carbons (Fsp3) is 0.450. The first-order chi connectivity index (χ1) is 9.79. The van der Waals surface area contributed by atoms with Gasteiger partial charge < -0.3 is 37.2 Å². The van der Waals surface area contributed by atoms with Crippen LogP contribution in [0, 0.1) is 26.2 Å². The topological polar surface area (TPSA) is 0 Å². The summed E-state index contributed by atoms with van der Waals surface area (Å²) in [7, 11) is -0.208. The van der Waals surface area contributed by atoms with Crippen molar-refractivity contribution in [2.75, 3.05) is 0 Å². The number of hydrogen-bond acceptors (Lipinski definition) is 0. The number of hydrogen-bond donors (Lipinski definition) is 0. The summed E-state index contributed by atoms with van der Waals surface area (Å²) in [6.07, 6.45) is 1.20. The van der Waals surface area contributed by atoms with Crippen LogP contribution in [0.5, 0.6) is 0 Å². The molecule has 0 unspecified atom stereocenters. The zero-order valence-electron chi connectivity index (χ0n) is 16.1. The third kappa shape index (κ3) is 8.28. The Bertz CT molecular complexity index is 616. The van der Waals surface area contributed by atoms with Crippen LogP contribution < -0.4 is 42.4 Å². The average Bonchev–Trinajstić information content (AvgIpc) is 2.61. The molecule has 0 saturated carbocycles. The molecule has 0 heterocycles. The molecule has 138 valence electrons. The molecule has 0 atom stereocenters. The Kier molecular flexibility index (Phi) is 15.3. The van der Waals surface area contributed by atoms with Crippen LogP contribution in [0.4, 0.5) is 0 Å². The van der Waals surface area contributed by atoms with Gasteiger partial charge in [0.05, 0.1) is 0 Å². The second kappa shape index (κ2) is 12.7. The van der Waals surface area contributed by atoms with Crippen molar-refractivity contribution in [3.05, 3.63) is 58.1 Å². The van der Waals surface area contributed by atoms with E-state index in [4.69, 9.17) is 0 Å². The smallest absolute Gasteiger partial charge is 1.00 e. The van der Waals surface area contributed by atoms with E-state index in [1.807, 2.05) is 0 Å². The molecule has 0 aliphatic rings. The van der Waals surface area contributed by atoms with Crippen LogP contribution in [-0.4, -0.2) is 9.52 Å². The van der Waals surface area contributed by atoms with Gasteiger partial charge in [0, 0.05) is 9.52 Å². The molecular formula is C20H29Cl3SiTi. The predicted octanol–water partition coefficient (Wildman–Crippen LogP) is -5.08. The van der Waals surface area contributed by atoms with Crippen molar-refractivity contribution in [2.45, 2.75) is 54.0 Å². The van der Waals surface area contributed by atoms with Crippen LogP contribution in [0.2, 0.25) is 0 Å². The Morgan fingerprint density at radius 1 is 0.880 bits per heavy atom. The van der Waals surface area contributed by atoms with Crippen LogP contribution in [0.1, 0.15) is 48.6 Å². The van der Waals surface area contributed by atoms with E-state index >= 15 is 0 Å². The second-order valence-corrected chi connectivity index (χ2v) is 9.37. The van der Waals surface area contributed by atoms with Crippen LogP contribution in [0.3, 0.4) is 0 Å². The fourth-order valence-corrected chi connectivity index (χ4v) is 5.03. The molecule has 0 saturated heterocycles. The minimum Gasteiger partial charge on any atom is -1.00 e. The molecule has 0 radical (unpaired) electrons. The van der Waals surface area contributed by atoms with E-state index in [1.54, 1.807) is 27.4 Å². The first kappa shape index (κ1) is 30.1. The van der Waals surface area contributed by atoms with E-state index in [0.29, 0.717) is 5.41 Å². The summed E-state index contributed by atoms with van der Waals surface area (Å²) in [6, 6.07) is 12.4. The van der Waals surface area contributed by atoms with Crippen LogP contribution in [-0.2, 0) is 34.2 Å². The van der Waals surface area contributed by atoms with Gasteiger partial charge in [0.2, 0.25) is 0 Å². The normalized spacial score (nSPS) is 10.5. The van der Waals surface area contributed by atoms with Crippen molar-refractivity contribution in [3.8, 4) is 0 Å². The minimum atomic E-state index is -0.208. The molecule has 0 N–H and O–H groups in total. The van der Waals surface area contributed by atoms with Crippen molar-refractivity contribution in [1.29, 1.82) is 0 Å². The molecule has 25 heavy (non-hydrogen) atoms.